The molecular formula is C14H9N3O2S. The third kappa shape index (κ3) is 2.46. The van der Waals surface area contributed by atoms with Crippen LogP contribution >= 0.6 is 11.8 Å². The number of nitrogens with zero attached hydrogens (tertiary/aromatic N) is 3. The van der Waals surface area contributed by atoms with Crippen molar-refractivity contribution in [3.63, 3.8) is 0 Å². The van der Waals surface area contributed by atoms with E-state index in [9.17, 15) is 4.79 Å². The second kappa shape index (κ2) is 5.26. The number of benzene rings is 1. The summed E-state index contributed by atoms with van der Waals surface area (Å²) in [7, 11) is 0. The van der Waals surface area contributed by atoms with Crippen molar-refractivity contribution in [2.45, 2.75) is 10.1 Å². The van der Waals surface area contributed by atoms with Crippen LogP contribution < -0.4 is 0 Å². The van der Waals surface area contributed by atoms with Gasteiger partial charge in [-0.1, -0.05) is 6.07 Å². The SMILES string of the molecule is O=C(O)c1cccc2nc(Sc3ccncn3)ccc12. The molecular weight excluding hydrogens is 274 g/mol. The van der Waals surface area contributed by atoms with E-state index < -0.39 is 5.97 Å². The number of pyridine rings is 1. The first-order valence-electron chi connectivity index (χ1n) is 5.81. The molecule has 2 heterocycles. The maximum absolute atomic E-state index is 11.1. The molecule has 2 aromatic heterocycles. The Balaban J connectivity index is 2.01. The van der Waals surface area contributed by atoms with Crippen LogP contribution in [0.15, 0.2) is 59.0 Å². The van der Waals surface area contributed by atoms with Gasteiger partial charge >= 0.3 is 5.97 Å². The molecule has 0 saturated heterocycles. The molecule has 1 N–H and O–H groups in total. The van der Waals surface area contributed by atoms with Gasteiger partial charge in [0.15, 0.2) is 0 Å². The highest BCUT2D eigenvalue weighted by Gasteiger charge is 2.09. The lowest BCUT2D eigenvalue weighted by Gasteiger charge is -2.04. The summed E-state index contributed by atoms with van der Waals surface area (Å²) in [5.41, 5.74) is 0.914. The van der Waals surface area contributed by atoms with Gasteiger partial charge in [-0.2, -0.15) is 0 Å². The molecule has 0 unspecified atom stereocenters. The first kappa shape index (κ1) is 12.6. The van der Waals surface area contributed by atoms with Crippen molar-refractivity contribution in [3.8, 4) is 0 Å². The fourth-order valence-corrected chi connectivity index (χ4v) is 2.55. The molecule has 0 saturated carbocycles. The first-order valence-corrected chi connectivity index (χ1v) is 6.62. The Labute approximate surface area is 118 Å². The number of hydrogen-bond acceptors (Lipinski definition) is 5. The fourth-order valence-electron chi connectivity index (χ4n) is 1.83. The first-order chi connectivity index (χ1) is 9.74. The lowest BCUT2D eigenvalue weighted by Crippen LogP contribution is -1.98. The molecule has 0 radical (unpaired) electrons. The lowest BCUT2D eigenvalue weighted by atomic mass is 10.1. The van der Waals surface area contributed by atoms with Crippen LogP contribution in [-0.2, 0) is 0 Å². The molecule has 0 aliphatic heterocycles. The molecule has 98 valence electrons. The van der Waals surface area contributed by atoms with Crippen LogP contribution in [0.2, 0.25) is 0 Å². The minimum absolute atomic E-state index is 0.258. The number of carboxylic acids is 1. The number of aromatic carboxylic acids is 1. The minimum atomic E-state index is -0.950. The zero-order valence-electron chi connectivity index (χ0n) is 10.2. The van der Waals surface area contributed by atoms with Crippen LogP contribution in [0.25, 0.3) is 10.9 Å². The molecule has 0 amide bonds. The van der Waals surface area contributed by atoms with Gasteiger partial charge in [-0.05, 0) is 42.1 Å². The summed E-state index contributed by atoms with van der Waals surface area (Å²) in [4.78, 5) is 23.6. The van der Waals surface area contributed by atoms with Crippen molar-refractivity contribution in [2.75, 3.05) is 0 Å². The van der Waals surface area contributed by atoms with Gasteiger partial charge in [-0.15, -0.1) is 0 Å². The van der Waals surface area contributed by atoms with Gasteiger partial charge in [-0.25, -0.2) is 19.7 Å². The monoisotopic (exact) mass is 283 g/mol. The molecule has 0 bridgehead atoms. The predicted octanol–water partition coefficient (Wildman–Crippen LogP) is 2.87. The fraction of sp³-hybridized carbons (Fsp3) is 0. The van der Waals surface area contributed by atoms with Gasteiger partial charge in [0, 0.05) is 11.6 Å². The Morgan fingerprint density at radius 3 is 2.75 bits per heavy atom. The molecule has 0 atom stereocenters. The number of rotatable bonds is 3. The number of fused-ring (bicyclic) bond motifs is 1. The van der Waals surface area contributed by atoms with Gasteiger partial charge in [0.2, 0.25) is 0 Å². The van der Waals surface area contributed by atoms with E-state index in [2.05, 4.69) is 15.0 Å². The Hall–Kier alpha value is -2.47. The summed E-state index contributed by atoms with van der Waals surface area (Å²) in [6.07, 6.45) is 3.14. The average Bonchev–Trinajstić information content (AvgIpc) is 2.47. The molecule has 0 spiro atoms. The van der Waals surface area contributed by atoms with Crippen molar-refractivity contribution >= 4 is 28.6 Å². The van der Waals surface area contributed by atoms with Gasteiger partial charge < -0.3 is 5.11 Å². The summed E-state index contributed by atoms with van der Waals surface area (Å²) >= 11 is 1.41. The highest BCUT2D eigenvalue weighted by Crippen LogP contribution is 2.26. The van der Waals surface area contributed by atoms with Crippen LogP contribution in [0.5, 0.6) is 0 Å². The second-order valence-electron chi connectivity index (χ2n) is 3.98. The molecule has 3 aromatic rings. The standard InChI is InChI=1S/C14H9N3O2S/c18-14(19)10-2-1-3-11-9(10)4-5-13(17-11)20-12-6-7-15-8-16-12/h1-8H,(H,18,19). The van der Waals surface area contributed by atoms with Crippen molar-refractivity contribution in [1.82, 2.24) is 15.0 Å². The van der Waals surface area contributed by atoms with E-state index in [4.69, 9.17) is 5.11 Å². The highest BCUT2D eigenvalue weighted by atomic mass is 32.2. The second-order valence-corrected chi connectivity index (χ2v) is 5.02. The summed E-state index contributed by atoms with van der Waals surface area (Å²) in [6, 6.07) is 10.4. The minimum Gasteiger partial charge on any atom is -0.478 e. The largest absolute Gasteiger partial charge is 0.478 e. The topological polar surface area (TPSA) is 76.0 Å². The van der Waals surface area contributed by atoms with E-state index in [1.165, 1.54) is 18.1 Å². The zero-order valence-corrected chi connectivity index (χ0v) is 11.0. The molecule has 1 aromatic carbocycles. The van der Waals surface area contributed by atoms with Crippen LogP contribution in [0, 0.1) is 0 Å². The third-order valence-corrected chi connectivity index (χ3v) is 3.59. The summed E-state index contributed by atoms with van der Waals surface area (Å²) in [5, 5.41) is 11.3. The van der Waals surface area contributed by atoms with Gasteiger partial charge in [0.05, 0.1) is 11.1 Å². The summed E-state index contributed by atoms with van der Waals surface area (Å²) in [5.74, 6) is -0.950. The highest BCUT2D eigenvalue weighted by molar-refractivity contribution is 7.99. The van der Waals surface area contributed by atoms with Gasteiger partial charge in [0.1, 0.15) is 16.4 Å². The third-order valence-electron chi connectivity index (χ3n) is 2.70. The molecule has 5 nitrogen and oxygen atoms in total. The van der Waals surface area contributed by atoms with E-state index >= 15 is 0 Å². The van der Waals surface area contributed by atoms with Crippen molar-refractivity contribution < 1.29 is 9.90 Å². The normalized spacial score (nSPS) is 10.6. The molecule has 20 heavy (non-hydrogen) atoms. The van der Waals surface area contributed by atoms with E-state index in [1.807, 2.05) is 0 Å². The quantitative estimate of drug-likeness (QED) is 0.745. The Bertz CT molecular complexity index is 778. The lowest BCUT2D eigenvalue weighted by molar-refractivity contribution is 0.0699. The van der Waals surface area contributed by atoms with Crippen LogP contribution in [-0.4, -0.2) is 26.0 Å². The molecule has 0 aliphatic carbocycles. The predicted molar refractivity (Wildman–Crippen MR) is 74.9 cm³/mol. The van der Waals surface area contributed by atoms with Crippen LogP contribution in [0.4, 0.5) is 0 Å². The van der Waals surface area contributed by atoms with E-state index in [1.54, 1.807) is 42.6 Å². The Kier molecular flexibility index (Phi) is 3.30. The van der Waals surface area contributed by atoms with Crippen molar-refractivity contribution in [3.05, 3.63) is 54.5 Å². The summed E-state index contributed by atoms with van der Waals surface area (Å²) < 4.78 is 0. The molecule has 0 fully saturated rings. The van der Waals surface area contributed by atoms with Gasteiger partial charge in [0.25, 0.3) is 0 Å². The number of carboxylic acid groups (broad SMARTS) is 1. The molecule has 0 aliphatic rings. The van der Waals surface area contributed by atoms with Crippen LogP contribution in [0.3, 0.4) is 0 Å². The van der Waals surface area contributed by atoms with E-state index in [0.29, 0.717) is 10.9 Å². The van der Waals surface area contributed by atoms with E-state index in [0.717, 1.165) is 10.1 Å². The molecule has 3 rings (SSSR count). The van der Waals surface area contributed by atoms with Crippen LogP contribution in [0.1, 0.15) is 10.4 Å². The van der Waals surface area contributed by atoms with Crippen molar-refractivity contribution in [1.29, 1.82) is 0 Å². The maximum Gasteiger partial charge on any atom is 0.336 e. The maximum atomic E-state index is 11.1. The smallest absolute Gasteiger partial charge is 0.336 e. The van der Waals surface area contributed by atoms with E-state index in [-0.39, 0.29) is 5.56 Å². The Morgan fingerprint density at radius 2 is 2.00 bits per heavy atom. The number of hydrogen-bond donors (Lipinski definition) is 1. The van der Waals surface area contributed by atoms with Gasteiger partial charge in [-0.3, -0.25) is 0 Å². The number of aromatic nitrogens is 3. The summed E-state index contributed by atoms with van der Waals surface area (Å²) in [6.45, 7) is 0. The zero-order chi connectivity index (χ0) is 13.9. The molecule has 6 heteroatoms. The average molecular weight is 283 g/mol. The Morgan fingerprint density at radius 1 is 1.10 bits per heavy atom. The number of carbonyl (C=O) groups is 1. The van der Waals surface area contributed by atoms with Crippen molar-refractivity contribution in [2.24, 2.45) is 0 Å².